The zero-order chi connectivity index (χ0) is 18.5. The van der Waals surface area contributed by atoms with Crippen LogP contribution in [0.15, 0.2) is 23.0 Å². The summed E-state index contributed by atoms with van der Waals surface area (Å²) in [6, 6.07) is 5.76. The molecule has 4 heterocycles. The first kappa shape index (κ1) is 16.8. The van der Waals surface area contributed by atoms with Gasteiger partial charge in [0, 0.05) is 11.4 Å². The molecule has 5 rings (SSSR count). The van der Waals surface area contributed by atoms with Crippen LogP contribution in [0.4, 0.5) is 0 Å². The van der Waals surface area contributed by atoms with Crippen molar-refractivity contribution in [3.63, 3.8) is 0 Å². The lowest BCUT2D eigenvalue weighted by atomic mass is 10.1. The molecule has 0 saturated heterocycles. The third-order valence-corrected chi connectivity index (χ3v) is 6.36. The van der Waals surface area contributed by atoms with Gasteiger partial charge >= 0.3 is 0 Å². The van der Waals surface area contributed by atoms with Gasteiger partial charge in [-0.25, -0.2) is 4.98 Å². The van der Waals surface area contributed by atoms with Crippen molar-refractivity contribution >= 4 is 44.8 Å². The first-order valence-corrected chi connectivity index (χ1v) is 10.2. The molecule has 138 valence electrons. The highest BCUT2D eigenvalue weighted by molar-refractivity contribution is 7.18. The molecule has 5 nitrogen and oxygen atoms in total. The van der Waals surface area contributed by atoms with Crippen molar-refractivity contribution in [3.8, 4) is 11.5 Å². The van der Waals surface area contributed by atoms with Gasteiger partial charge in [-0.3, -0.25) is 9.36 Å². The summed E-state index contributed by atoms with van der Waals surface area (Å²) in [7, 11) is 0. The van der Waals surface area contributed by atoms with Crippen LogP contribution in [0.3, 0.4) is 0 Å². The van der Waals surface area contributed by atoms with E-state index in [1.54, 1.807) is 15.9 Å². The molecule has 0 saturated carbocycles. The molecule has 2 aromatic heterocycles. The lowest BCUT2D eigenvalue weighted by Crippen LogP contribution is -2.19. The minimum atomic E-state index is 0.0505. The molecule has 0 aliphatic carbocycles. The highest BCUT2D eigenvalue weighted by Crippen LogP contribution is 2.39. The molecule has 0 spiro atoms. The summed E-state index contributed by atoms with van der Waals surface area (Å²) in [5, 5.41) is 1.26. The van der Waals surface area contributed by atoms with E-state index in [0.29, 0.717) is 36.3 Å². The number of nitrogens with zero attached hydrogens (tertiary/aromatic N) is 2. The molecule has 7 heteroatoms. The summed E-state index contributed by atoms with van der Waals surface area (Å²) in [4.78, 5) is 19.6. The Bertz CT molecular complexity index is 1160. The molecule has 0 atom stereocenters. The maximum absolute atomic E-state index is 12.8. The number of halogens is 1. The topological polar surface area (TPSA) is 53.4 Å². The van der Waals surface area contributed by atoms with Crippen LogP contribution in [-0.2, 0) is 13.0 Å². The number of ether oxygens (including phenoxy) is 2. The van der Waals surface area contributed by atoms with Crippen molar-refractivity contribution < 1.29 is 9.47 Å². The Morgan fingerprint density at radius 1 is 1.30 bits per heavy atom. The van der Waals surface area contributed by atoms with Crippen molar-refractivity contribution in [3.05, 3.63) is 49.8 Å². The summed E-state index contributed by atoms with van der Waals surface area (Å²) in [6.45, 7) is 3.76. The van der Waals surface area contributed by atoms with Gasteiger partial charge in [0.15, 0.2) is 11.5 Å². The largest absolute Gasteiger partial charge is 0.486 e. The fourth-order valence-corrected chi connectivity index (χ4v) is 4.82. The van der Waals surface area contributed by atoms with E-state index >= 15 is 0 Å². The molecule has 0 fully saturated rings. The molecular formula is C20H17ClN2O3S. The molecule has 0 amide bonds. The highest BCUT2D eigenvalue weighted by Gasteiger charge is 2.23. The number of rotatable bonds is 2. The number of aryl methyl sites for hydroxylation is 1. The molecule has 0 bridgehead atoms. The number of hydrogen-bond donors (Lipinski definition) is 0. The Labute approximate surface area is 164 Å². The van der Waals surface area contributed by atoms with Gasteiger partial charge in [0.1, 0.15) is 23.9 Å². The monoisotopic (exact) mass is 400 g/mol. The second-order valence-corrected chi connectivity index (χ2v) is 8.15. The van der Waals surface area contributed by atoms with Crippen LogP contribution in [-0.4, -0.2) is 22.8 Å². The van der Waals surface area contributed by atoms with Gasteiger partial charge in [-0.05, 0) is 48.3 Å². The number of fused-ring (bicyclic) bond motifs is 3. The SMILES string of the molecule is CCc1cc2c(=O)n3c(nc2s1)/C(=C/c1cc(Cl)c2c(c1)OCCO2)CC3. The normalized spacial score (nSPS) is 16.9. The minimum absolute atomic E-state index is 0.0505. The van der Waals surface area contributed by atoms with Gasteiger partial charge in [-0.15, -0.1) is 11.3 Å². The number of thiophene rings is 1. The van der Waals surface area contributed by atoms with Crippen molar-refractivity contribution in [1.82, 2.24) is 9.55 Å². The minimum Gasteiger partial charge on any atom is -0.486 e. The van der Waals surface area contributed by atoms with E-state index in [1.807, 2.05) is 24.3 Å². The summed E-state index contributed by atoms with van der Waals surface area (Å²) < 4.78 is 13.0. The summed E-state index contributed by atoms with van der Waals surface area (Å²) in [6.07, 6.45) is 3.72. The van der Waals surface area contributed by atoms with Gasteiger partial charge in [-0.1, -0.05) is 18.5 Å². The maximum atomic E-state index is 12.8. The van der Waals surface area contributed by atoms with Crippen LogP contribution in [0.5, 0.6) is 11.5 Å². The van der Waals surface area contributed by atoms with Crippen LogP contribution in [0.2, 0.25) is 5.02 Å². The van der Waals surface area contributed by atoms with Crippen molar-refractivity contribution in [2.45, 2.75) is 26.3 Å². The van der Waals surface area contributed by atoms with Crippen LogP contribution in [0, 0.1) is 0 Å². The van der Waals surface area contributed by atoms with E-state index < -0.39 is 0 Å². The zero-order valence-electron chi connectivity index (χ0n) is 14.8. The first-order chi connectivity index (χ1) is 13.1. The van der Waals surface area contributed by atoms with Gasteiger partial charge in [-0.2, -0.15) is 0 Å². The van der Waals surface area contributed by atoms with Crippen molar-refractivity contribution in [2.75, 3.05) is 13.2 Å². The maximum Gasteiger partial charge on any atom is 0.262 e. The van der Waals surface area contributed by atoms with Crippen LogP contribution in [0.25, 0.3) is 21.9 Å². The summed E-state index contributed by atoms with van der Waals surface area (Å²) >= 11 is 7.95. The Hall–Kier alpha value is -2.31. The molecule has 0 radical (unpaired) electrons. The molecule has 27 heavy (non-hydrogen) atoms. The van der Waals surface area contributed by atoms with E-state index in [4.69, 9.17) is 26.1 Å². The van der Waals surface area contributed by atoms with E-state index in [0.717, 1.165) is 40.0 Å². The quantitative estimate of drug-likeness (QED) is 0.640. The second-order valence-electron chi connectivity index (χ2n) is 6.62. The third kappa shape index (κ3) is 2.75. The lowest BCUT2D eigenvalue weighted by Gasteiger charge is -2.19. The Kier molecular flexibility index (Phi) is 3.98. The molecule has 2 aliphatic heterocycles. The predicted octanol–water partition coefficient (Wildman–Crippen LogP) is 4.39. The third-order valence-electron chi connectivity index (χ3n) is 4.90. The molecular weight excluding hydrogens is 384 g/mol. The summed E-state index contributed by atoms with van der Waals surface area (Å²) in [5.74, 6) is 2.01. The fraction of sp³-hybridized carbons (Fsp3) is 0.300. The summed E-state index contributed by atoms with van der Waals surface area (Å²) in [5.41, 5.74) is 2.00. The Morgan fingerprint density at radius 2 is 2.15 bits per heavy atom. The molecule has 3 aromatic rings. The van der Waals surface area contributed by atoms with E-state index in [1.165, 1.54) is 4.88 Å². The first-order valence-electron chi connectivity index (χ1n) is 8.97. The number of allylic oxidation sites excluding steroid dienone is 1. The average Bonchev–Trinajstić information content (AvgIpc) is 3.27. The Balaban J connectivity index is 1.62. The molecule has 0 N–H and O–H groups in total. The van der Waals surface area contributed by atoms with Gasteiger partial charge in [0.05, 0.1) is 10.4 Å². The number of aromatic nitrogens is 2. The van der Waals surface area contributed by atoms with Crippen molar-refractivity contribution in [2.24, 2.45) is 0 Å². The second kappa shape index (κ2) is 6.39. The number of benzene rings is 1. The molecule has 0 unspecified atom stereocenters. The smallest absolute Gasteiger partial charge is 0.262 e. The van der Waals surface area contributed by atoms with Crippen LogP contribution in [0.1, 0.15) is 29.6 Å². The van der Waals surface area contributed by atoms with Crippen molar-refractivity contribution in [1.29, 1.82) is 0 Å². The fourth-order valence-electron chi connectivity index (χ4n) is 3.59. The Morgan fingerprint density at radius 3 is 3.00 bits per heavy atom. The molecule has 1 aromatic carbocycles. The lowest BCUT2D eigenvalue weighted by molar-refractivity contribution is 0.171. The predicted molar refractivity (Wildman–Crippen MR) is 108 cm³/mol. The van der Waals surface area contributed by atoms with Crippen LogP contribution >= 0.6 is 22.9 Å². The highest BCUT2D eigenvalue weighted by atomic mass is 35.5. The zero-order valence-corrected chi connectivity index (χ0v) is 16.3. The van der Waals surface area contributed by atoms with E-state index in [-0.39, 0.29) is 5.56 Å². The van der Waals surface area contributed by atoms with E-state index in [2.05, 4.69) is 6.92 Å². The van der Waals surface area contributed by atoms with E-state index in [9.17, 15) is 4.79 Å². The standard InChI is InChI=1S/C20H17ClN2O3S/c1-2-13-10-14-19(27-13)22-18-12(3-4-23(18)20(14)24)7-11-8-15(21)17-16(9-11)25-5-6-26-17/h7-10H,2-6H2,1H3/b12-7+. The van der Waals surface area contributed by atoms with Crippen LogP contribution < -0.4 is 15.0 Å². The number of hydrogen-bond acceptors (Lipinski definition) is 5. The van der Waals surface area contributed by atoms with Gasteiger partial charge in [0.2, 0.25) is 0 Å². The van der Waals surface area contributed by atoms with Gasteiger partial charge < -0.3 is 9.47 Å². The molecule has 2 aliphatic rings. The van der Waals surface area contributed by atoms with Gasteiger partial charge in [0.25, 0.3) is 5.56 Å². The average molecular weight is 401 g/mol.